The Hall–Kier alpha value is -5.30. The molecule has 18 heteroatoms. The second kappa shape index (κ2) is 23.3. The van der Waals surface area contributed by atoms with Gasteiger partial charge in [-0.15, -0.1) is 0 Å². The molecule has 5 heterocycles. The van der Waals surface area contributed by atoms with Crippen LogP contribution in [-0.2, 0) is 48.8 Å². The zero-order chi connectivity index (χ0) is 56.7. The molecule has 0 saturated carbocycles. The molecule has 5 aliphatic rings. The van der Waals surface area contributed by atoms with Crippen molar-refractivity contribution in [2.24, 2.45) is 11.3 Å². The van der Waals surface area contributed by atoms with Crippen LogP contribution in [0.4, 0.5) is 23.2 Å². The van der Waals surface area contributed by atoms with Gasteiger partial charge in [0.2, 0.25) is 11.8 Å². The molecular formula is C61H82F4N6O7Si. The van der Waals surface area contributed by atoms with Gasteiger partial charge in [-0.1, -0.05) is 50.0 Å². The summed E-state index contributed by atoms with van der Waals surface area (Å²) in [5.74, 6) is -0.505. The van der Waals surface area contributed by atoms with E-state index in [1.807, 2.05) is 46.2 Å². The Morgan fingerprint density at radius 3 is 2.34 bits per heavy atom. The van der Waals surface area contributed by atoms with Gasteiger partial charge < -0.3 is 24.4 Å². The smallest absolute Gasteiger partial charge is 0.395 e. The Kier molecular flexibility index (Phi) is 17.2. The van der Waals surface area contributed by atoms with E-state index in [1.165, 1.54) is 24.8 Å². The molecule has 0 bridgehead atoms. The van der Waals surface area contributed by atoms with Crippen LogP contribution in [0, 0.1) is 17.2 Å². The van der Waals surface area contributed by atoms with Crippen molar-refractivity contribution >= 4 is 48.1 Å². The van der Waals surface area contributed by atoms with Crippen molar-refractivity contribution in [2.45, 2.75) is 173 Å². The van der Waals surface area contributed by atoms with Gasteiger partial charge in [-0.25, -0.2) is 9.18 Å². The number of anilines is 1. The summed E-state index contributed by atoms with van der Waals surface area (Å²) in [5, 5.41) is 3.76. The van der Waals surface area contributed by atoms with E-state index in [0.29, 0.717) is 88.1 Å². The molecule has 1 aliphatic carbocycles. The average molecular weight is 1120 g/mol. The van der Waals surface area contributed by atoms with Crippen LogP contribution in [0.1, 0.15) is 127 Å². The van der Waals surface area contributed by atoms with E-state index >= 15 is 4.39 Å². The summed E-state index contributed by atoms with van der Waals surface area (Å²) in [6, 6.07) is 17.1. The van der Waals surface area contributed by atoms with Crippen molar-refractivity contribution in [3.8, 4) is 5.75 Å². The number of aryl methyl sites for hydroxylation is 2. The normalized spacial score (nSPS) is 22.4. The van der Waals surface area contributed by atoms with Gasteiger partial charge in [0.25, 0.3) is 5.91 Å². The third kappa shape index (κ3) is 12.9. The molecule has 3 fully saturated rings. The molecule has 9 rings (SSSR count). The highest BCUT2D eigenvalue weighted by atomic mass is 28.3. The number of alkyl halides is 3. The van der Waals surface area contributed by atoms with Gasteiger partial charge in [-0.2, -0.15) is 13.2 Å². The molecular weight excluding hydrogens is 1030 g/mol. The van der Waals surface area contributed by atoms with Crippen LogP contribution in [0.5, 0.6) is 5.75 Å². The molecule has 3 saturated heterocycles. The molecule has 1 unspecified atom stereocenters. The fourth-order valence-electron chi connectivity index (χ4n) is 13.0. The number of amides is 3. The standard InChI is InChI=1S/C61H82F4N6O7Si/c1-58(2,61(63,64)65)39-67(32-27-60(28-33-78-59(3,4)38-60)44-16-18-46(76-5)19-17-44)37-41-11-20-47(49(62)36-41)42-12-14-43(15-13-42)55(73)68-30-25-45(26-31-68)66-50-21-22-51-54-48(50)10-9-29-69(54)57(75)71(51)52-23-24-53(72)70(56(52)74)40-77-34-35-79(6,7)8/h11-12,16-22,36,43,45,52,66H,9-10,13-15,23-35,37-40H2,1-8H3/t43-,52?,60-/m1/s1. The number of methoxy groups -OCH3 is 1. The minimum absolute atomic E-state index is 0.0991. The van der Waals surface area contributed by atoms with Crippen LogP contribution in [0.2, 0.25) is 25.7 Å². The van der Waals surface area contributed by atoms with E-state index in [4.69, 9.17) is 14.2 Å². The topological polar surface area (TPSA) is 128 Å². The summed E-state index contributed by atoms with van der Waals surface area (Å²) in [5.41, 5.74) is 3.46. The molecule has 3 aromatic carbocycles. The number of hydrogen-bond donors (Lipinski definition) is 1. The largest absolute Gasteiger partial charge is 0.497 e. The molecule has 4 aromatic rings. The number of rotatable bonds is 19. The predicted molar refractivity (Wildman–Crippen MR) is 302 cm³/mol. The van der Waals surface area contributed by atoms with E-state index in [2.05, 4.69) is 50.9 Å². The van der Waals surface area contributed by atoms with Crippen LogP contribution in [0.25, 0.3) is 16.6 Å². The van der Waals surface area contributed by atoms with Crippen molar-refractivity contribution in [1.82, 2.24) is 23.8 Å². The summed E-state index contributed by atoms with van der Waals surface area (Å²) >= 11 is 0. The van der Waals surface area contributed by atoms with Gasteiger partial charge in [-0.05, 0) is 158 Å². The number of imide groups is 1. The highest BCUT2D eigenvalue weighted by Crippen LogP contribution is 2.46. The number of aromatic nitrogens is 2. The summed E-state index contributed by atoms with van der Waals surface area (Å²) in [6.07, 6.45) is 4.58. The number of ether oxygens (including phenoxy) is 3. The van der Waals surface area contributed by atoms with Gasteiger partial charge >= 0.3 is 11.9 Å². The number of halogens is 4. The number of piperidine rings is 2. The molecule has 0 radical (unpaired) electrons. The second-order valence-corrected chi connectivity index (χ2v) is 31.2. The molecule has 3 amide bonds. The summed E-state index contributed by atoms with van der Waals surface area (Å²) in [6.45, 7) is 16.2. The number of allylic oxidation sites excluding steroid dienone is 2. The molecule has 13 nitrogen and oxygen atoms in total. The molecule has 1 N–H and O–H groups in total. The average Bonchev–Trinajstić information content (AvgIpc) is 3.87. The fourth-order valence-corrected chi connectivity index (χ4v) is 13.7. The summed E-state index contributed by atoms with van der Waals surface area (Å²) in [7, 11) is 0.249. The summed E-state index contributed by atoms with van der Waals surface area (Å²) < 4.78 is 80.4. The maximum Gasteiger partial charge on any atom is 0.395 e. The first-order valence-corrected chi connectivity index (χ1v) is 32.4. The van der Waals surface area contributed by atoms with Crippen LogP contribution < -0.4 is 15.7 Å². The molecule has 430 valence electrons. The third-order valence-electron chi connectivity index (χ3n) is 17.6. The Balaban J connectivity index is 0.813. The van der Waals surface area contributed by atoms with Crippen molar-refractivity contribution < 1.29 is 46.2 Å². The van der Waals surface area contributed by atoms with Crippen LogP contribution in [0.3, 0.4) is 0 Å². The minimum atomic E-state index is -4.44. The monoisotopic (exact) mass is 1110 g/mol. The van der Waals surface area contributed by atoms with Gasteiger partial charge in [0.1, 0.15) is 24.3 Å². The van der Waals surface area contributed by atoms with E-state index in [9.17, 15) is 32.3 Å². The van der Waals surface area contributed by atoms with Crippen molar-refractivity contribution in [1.29, 1.82) is 0 Å². The van der Waals surface area contributed by atoms with Crippen LogP contribution in [-0.4, -0.2) is 121 Å². The maximum absolute atomic E-state index is 16.2. The Morgan fingerprint density at radius 1 is 0.937 bits per heavy atom. The number of nitrogens with one attached hydrogen (secondary N) is 1. The number of hydrogen-bond acceptors (Lipinski definition) is 9. The van der Waals surface area contributed by atoms with E-state index in [0.717, 1.165) is 71.8 Å². The summed E-state index contributed by atoms with van der Waals surface area (Å²) in [4.78, 5) is 59.9. The molecule has 4 aliphatic heterocycles. The first-order chi connectivity index (χ1) is 37.4. The van der Waals surface area contributed by atoms with Gasteiger partial charge in [0, 0.05) is 94.6 Å². The first-order valence-electron chi connectivity index (χ1n) is 28.7. The van der Waals surface area contributed by atoms with Crippen molar-refractivity contribution in [2.75, 3.05) is 58.6 Å². The molecule has 79 heavy (non-hydrogen) atoms. The number of carbonyl (C=O) groups is 3. The Labute approximate surface area is 464 Å². The first kappa shape index (κ1) is 58.4. The molecule has 1 aromatic heterocycles. The number of imidazole rings is 1. The fraction of sp³-hybridized carbons (Fsp3) is 0.607. The lowest BCUT2D eigenvalue weighted by atomic mass is 9.67. The lowest BCUT2D eigenvalue weighted by Gasteiger charge is -2.46. The molecule has 0 spiro atoms. The number of benzene rings is 3. The quantitative estimate of drug-likeness (QED) is 0.0422. The lowest BCUT2D eigenvalue weighted by molar-refractivity contribution is -0.217. The lowest BCUT2D eigenvalue weighted by Crippen LogP contribution is -2.48. The molecule has 3 atom stereocenters. The Bertz CT molecular complexity index is 2970. The van der Waals surface area contributed by atoms with E-state index < -0.39 is 43.0 Å². The second-order valence-electron chi connectivity index (χ2n) is 25.6. The number of nitrogens with zero attached hydrogens (tertiary/aromatic N) is 5. The van der Waals surface area contributed by atoms with Crippen LogP contribution >= 0.6 is 0 Å². The van der Waals surface area contributed by atoms with Crippen LogP contribution in [0.15, 0.2) is 65.5 Å². The maximum atomic E-state index is 16.2. The van der Waals surface area contributed by atoms with Crippen molar-refractivity contribution in [3.05, 3.63) is 99.2 Å². The number of carbonyl (C=O) groups excluding carboxylic acids is 3. The van der Waals surface area contributed by atoms with Crippen molar-refractivity contribution in [3.63, 3.8) is 0 Å². The predicted octanol–water partition coefficient (Wildman–Crippen LogP) is 11.5. The van der Waals surface area contributed by atoms with Gasteiger partial charge in [-0.3, -0.25) is 33.3 Å². The zero-order valence-corrected chi connectivity index (χ0v) is 48.7. The minimum Gasteiger partial charge on any atom is -0.497 e. The SMILES string of the molecule is COc1ccc([C@]2(CCN(Cc3ccc(C4=CC[C@@H](C(=O)N5CCC(Nc6ccc7c8c6CCCn8c(=O)n7C6CCC(=O)N(COCC[Si](C)(C)C)C6=O)CC5)CC4)c(F)c3)CC(C)(C)C(F)(F)F)CCOC(C)(C)C2)cc1. The Morgan fingerprint density at radius 2 is 1.68 bits per heavy atom. The van der Waals surface area contributed by atoms with E-state index in [-0.39, 0.29) is 67.5 Å². The number of likely N-dealkylation sites (tertiary alicyclic amines) is 2. The third-order valence-corrected chi connectivity index (χ3v) is 19.3. The van der Waals surface area contributed by atoms with Gasteiger partial charge in [0.15, 0.2) is 0 Å². The van der Waals surface area contributed by atoms with E-state index in [1.54, 1.807) is 22.3 Å². The van der Waals surface area contributed by atoms with Gasteiger partial charge in [0.05, 0.1) is 29.2 Å². The highest BCUT2D eigenvalue weighted by Gasteiger charge is 2.49. The zero-order valence-electron chi connectivity index (χ0n) is 47.7. The highest BCUT2D eigenvalue weighted by molar-refractivity contribution is 6.76.